The van der Waals surface area contributed by atoms with Crippen molar-refractivity contribution in [2.24, 2.45) is 0 Å². The summed E-state index contributed by atoms with van der Waals surface area (Å²) in [5.41, 5.74) is 0.780. The number of rotatable bonds is 5. The smallest absolute Gasteiger partial charge is 0.226 e. The molecule has 4 nitrogen and oxygen atoms in total. The van der Waals surface area contributed by atoms with Crippen LogP contribution in [-0.4, -0.2) is 31.2 Å². The molecule has 1 rings (SSSR count). The molecule has 1 amide bonds. The highest BCUT2D eigenvalue weighted by atomic mass is 16.5. The Kier molecular flexibility index (Phi) is 4.64. The predicted octanol–water partition coefficient (Wildman–Crippen LogP) is 0.387. The van der Waals surface area contributed by atoms with E-state index in [1.807, 2.05) is 18.2 Å². The van der Waals surface area contributed by atoms with Crippen LogP contribution >= 0.6 is 0 Å². The Bertz CT molecular complexity index is 275. The summed E-state index contributed by atoms with van der Waals surface area (Å²) in [6.45, 7) is 1.08. The number of aromatic nitrogens is 1. The molecule has 0 bridgehead atoms. The molecule has 0 aliphatic carbocycles. The van der Waals surface area contributed by atoms with Crippen LogP contribution in [0.15, 0.2) is 24.4 Å². The topological polar surface area (TPSA) is 51.2 Å². The van der Waals surface area contributed by atoms with Gasteiger partial charge in [0.15, 0.2) is 0 Å². The van der Waals surface area contributed by atoms with Crippen LogP contribution in [0, 0.1) is 0 Å². The quantitative estimate of drug-likeness (QED) is 0.690. The van der Waals surface area contributed by atoms with Gasteiger partial charge in [-0.1, -0.05) is 6.07 Å². The Labute approximate surface area is 83.3 Å². The van der Waals surface area contributed by atoms with Gasteiger partial charge in [-0.3, -0.25) is 9.78 Å². The molecule has 4 heteroatoms. The normalized spacial score (nSPS) is 9.79. The van der Waals surface area contributed by atoms with E-state index in [1.165, 1.54) is 0 Å². The molecule has 76 valence electrons. The molecule has 0 aliphatic rings. The van der Waals surface area contributed by atoms with Crippen molar-refractivity contribution in [3.05, 3.63) is 30.1 Å². The van der Waals surface area contributed by atoms with Gasteiger partial charge in [0, 0.05) is 25.5 Å². The van der Waals surface area contributed by atoms with Crippen molar-refractivity contribution < 1.29 is 9.53 Å². The Hall–Kier alpha value is -1.42. The minimum atomic E-state index is -0.0271. The van der Waals surface area contributed by atoms with Gasteiger partial charge < -0.3 is 10.1 Å². The van der Waals surface area contributed by atoms with Gasteiger partial charge in [0.05, 0.1) is 13.0 Å². The number of nitrogens with zero attached hydrogens (tertiary/aromatic N) is 1. The Morgan fingerprint density at radius 3 is 3.07 bits per heavy atom. The number of carbonyl (C=O) groups is 1. The summed E-state index contributed by atoms with van der Waals surface area (Å²) in [6, 6.07) is 5.52. The SMILES string of the molecule is COCCNC(=O)Cc1ccccn1. The van der Waals surface area contributed by atoms with Crippen LogP contribution in [0.5, 0.6) is 0 Å². The predicted molar refractivity (Wildman–Crippen MR) is 52.8 cm³/mol. The molecular formula is C10H14N2O2. The minimum Gasteiger partial charge on any atom is -0.383 e. The van der Waals surface area contributed by atoms with Crippen molar-refractivity contribution in [2.45, 2.75) is 6.42 Å². The number of carbonyl (C=O) groups excluding carboxylic acids is 1. The molecule has 1 N–H and O–H groups in total. The second kappa shape index (κ2) is 6.10. The van der Waals surface area contributed by atoms with Crippen LogP contribution in [0.3, 0.4) is 0 Å². The number of pyridine rings is 1. The highest BCUT2D eigenvalue weighted by Crippen LogP contribution is 1.93. The average Bonchev–Trinajstić information content (AvgIpc) is 2.20. The molecule has 14 heavy (non-hydrogen) atoms. The molecule has 1 aromatic rings. The zero-order valence-corrected chi connectivity index (χ0v) is 8.19. The molecule has 0 saturated carbocycles. The van der Waals surface area contributed by atoms with Gasteiger partial charge in [0.2, 0.25) is 5.91 Å². The zero-order valence-electron chi connectivity index (χ0n) is 8.19. The van der Waals surface area contributed by atoms with Crippen LogP contribution in [0.25, 0.3) is 0 Å². The molecule has 1 aromatic heterocycles. The molecule has 0 aliphatic heterocycles. The average molecular weight is 194 g/mol. The van der Waals surface area contributed by atoms with Crippen molar-refractivity contribution >= 4 is 5.91 Å². The van der Waals surface area contributed by atoms with E-state index in [0.717, 1.165) is 5.69 Å². The Balaban J connectivity index is 2.27. The lowest BCUT2D eigenvalue weighted by atomic mass is 10.2. The van der Waals surface area contributed by atoms with Gasteiger partial charge in [0.25, 0.3) is 0 Å². The third-order valence-corrected chi connectivity index (χ3v) is 1.70. The van der Waals surface area contributed by atoms with Gasteiger partial charge in [0.1, 0.15) is 0 Å². The zero-order chi connectivity index (χ0) is 10.2. The van der Waals surface area contributed by atoms with E-state index in [2.05, 4.69) is 10.3 Å². The summed E-state index contributed by atoms with van der Waals surface area (Å²) in [5, 5.41) is 2.73. The Morgan fingerprint density at radius 1 is 1.57 bits per heavy atom. The van der Waals surface area contributed by atoms with E-state index in [9.17, 15) is 4.79 Å². The highest BCUT2D eigenvalue weighted by molar-refractivity contribution is 5.77. The number of nitrogens with one attached hydrogen (secondary N) is 1. The second-order valence-corrected chi connectivity index (χ2v) is 2.84. The van der Waals surface area contributed by atoms with Crippen molar-refractivity contribution in [3.8, 4) is 0 Å². The molecule has 0 spiro atoms. The first-order valence-electron chi connectivity index (χ1n) is 4.48. The third kappa shape index (κ3) is 4.00. The van der Waals surface area contributed by atoms with Gasteiger partial charge in [-0.15, -0.1) is 0 Å². The first kappa shape index (κ1) is 10.7. The maximum absolute atomic E-state index is 11.3. The summed E-state index contributed by atoms with van der Waals surface area (Å²) in [6.07, 6.45) is 2.00. The second-order valence-electron chi connectivity index (χ2n) is 2.84. The number of hydrogen-bond donors (Lipinski definition) is 1. The minimum absolute atomic E-state index is 0.0271. The first-order chi connectivity index (χ1) is 6.83. The summed E-state index contributed by atoms with van der Waals surface area (Å²) < 4.78 is 4.81. The largest absolute Gasteiger partial charge is 0.383 e. The summed E-state index contributed by atoms with van der Waals surface area (Å²) in [7, 11) is 1.60. The summed E-state index contributed by atoms with van der Waals surface area (Å²) in [4.78, 5) is 15.3. The lowest BCUT2D eigenvalue weighted by molar-refractivity contribution is -0.120. The van der Waals surface area contributed by atoms with Crippen LogP contribution in [0.2, 0.25) is 0 Å². The third-order valence-electron chi connectivity index (χ3n) is 1.70. The van der Waals surface area contributed by atoms with Gasteiger partial charge in [-0.2, -0.15) is 0 Å². The molecule has 0 aromatic carbocycles. The van der Waals surface area contributed by atoms with E-state index in [-0.39, 0.29) is 5.91 Å². The highest BCUT2D eigenvalue weighted by Gasteiger charge is 2.02. The molecule has 1 heterocycles. The van der Waals surface area contributed by atoms with E-state index >= 15 is 0 Å². The molecule has 0 unspecified atom stereocenters. The molecular weight excluding hydrogens is 180 g/mol. The molecule has 0 atom stereocenters. The fraction of sp³-hybridized carbons (Fsp3) is 0.400. The van der Waals surface area contributed by atoms with Crippen LogP contribution in [0.1, 0.15) is 5.69 Å². The van der Waals surface area contributed by atoms with Crippen molar-refractivity contribution in [1.29, 1.82) is 0 Å². The number of amides is 1. The fourth-order valence-electron chi connectivity index (χ4n) is 1.02. The summed E-state index contributed by atoms with van der Waals surface area (Å²) in [5.74, 6) is -0.0271. The van der Waals surface area contributed by atoms with E-state index in [0.29, 0.717) is 19.6 Å². The van der Waals surface area contributed by atoms with E-state index < -0.39 is 0 Å². The van der Waals surface area contributed by atoms with E-state index in [4.69, 9.17) is 4.74 Å². The maximum Gasteiger partial charge on any atom is 0.226 e. The molecule has 0 radical (unpaired) electrons. The van der Waals surface area contributed by atoms with Gasteiger partial charge in [-0.25, -0.2) is 0 Å². The number of ether oxygens (including phenoxy) is 1. The van der Waals surface area contributed by atoms with Gasteiger partial charge >= 0.3 is 0 Å². The monoisotopic (exact) mass is 194 g/mol. The standard InChI is InChI=1S/C10H14N2O2/c1-14-7-6-12-10(13)8-9-4-2-3-5-11-9/h2-5H,6-8H2,1H3,(H,12,13). The number of methoxy groups -OCH3 is 1. The van der Waals surface area contributed by atoms with Crippen LogP contribution < -0.4 is 5.32 Å². The first-order valence-corrected chi connectivity index (χ1v) is 4.48. The molecule has 0 fully saturated rings. The fourth-order valence-corrected chi connectivity index (χ4v) is 1.02. The van der Waals surface area contributed by atoms with Crippen LogP contribution in [0.4, 0.5) is 0 Å². The Morgan fingerprint density at radius 2 is 2.43 bits per heavy atom. The maximum atomic E-state index is 11.3. The summed E-state index contributed by atoms with van der Waals surface area (Å²) >= 11 is 0. The van der Waals surface area contributed by atoms with Crippen molar-refractivity contribution in [3.63, 3.8) is 0 Å². The lowest BCUT2D eigenvalue weighted by Gasteiger charge is -2.03. The number of hydrogen-bond acceptors (Lipinski definition) is 3. The van der Waals surface area contributed by atoms with E-state index in [1.54, 1.807) is 13.3 Å². The van der Waals surface area contributed by atoms with Crippen molar-refractivity contribution in [1.82, 2.24) is 10.3 Å². The molecule has 0 saturated heterocycles. The van der Waals surface area contributed by atoms with Crippen LogP contribution in [-0.2, 0) is 16.0 Å². The lowest BCUT2D eigenvalue weighted by Crippen LogP contribution is -2.28. The van der Waals surface area contributed by atoms with Gasteiger partial charge in [-0.05, 0) is 12.1 Å². The van der Waals surface area contributed by atoms with Crippen molar-refractivity contribution in [2.75, 3.05) is 20.3 Å².